The van der Waals surface area contributed by atoms with E-state index >= 15 is 0 Å². The predicted octanol–water partition coefficient (Wildman–Crippen LogP) is 1.82. The van der Waals surface area contributed by atoms with Crippen molar-refractivity contribution in [3.8, 4) is 0 Å². The molecule has 90 valence electrons. The topological polar surface area (TPSA) is 44.3 Å². The third-order valence-corrected chi connectivity index (χ3v) is 3.76. The molecule has 3 N–H and O–H groups in total. The number of nitrogens with one attached hydrogen (secondary N) is 2. The van der Waals surface area contributed by atoms with Gasteiger partial charge in [-0.3, -0.25) is 0 Å². The molecule has 1 aromatic carbocycles. The Morgan fingerprint density at radius 2 is 1.94 bits per heavy atom. The van der Waals surface area contributed by atoms with Crippen molar-refractivity contribution in [2.75, 3.05) is 18.4 Å². The number of hydrogen-bond donors (Lipinski definition) is 3. The quantitative estimate of drug-likeness (QED) is 0.596. The minimum atomic E-state index is -0.493. The zero-order chi connectivity index (χ0) is 11.7. The second kappa shape index (κ2) is 4.17. The van der Waals surface area contributed by atoms with Crippen LogP contribution in [0.25, 0.3) is 0 Å². The molecule has 1 saturated heterocycles. The first-order valence-electron chi connectivity index (χ1n) is 6.24. The first kappa shape index (κ1) is 10.8. The van der Waals surface area contributed by atoms with Gasteiger partial charge in [0, 0.05) is 11.3 Å². The average Bonchev–Trinajstić information content (AvgIpc) is 2.50. The monoisotopic (exact) mass is 230 g/mol. The molecule has 0 saturated carbocycles. The zero-order valence-corrected chi connectivity index (χ0v) is 9.82. The van der Waals surface area contributed by atoms with Crippen molar-refractivity contribution in [3.63, 3.8) is 0 Å². The molecule has 2 heterocycles. The van der Waals surface area contributed by atoms with Crippen LogP contribution in [0.5, 0.6) is 0 Å². The van der Waals surface area contributed by atoms with E-state index in [2.05, 4.69) is 22.8 Å². The summed E-state index contributed by atoms with van der Waals surface area (Å²) in [5, 5.41) is 17.1. The normalized spacial score (nSPS) is 26.1. The lowest BCUT2D eigenvalue weighted by Gasteiger charge is -2.36. The maximum absolute atomic E-state index is 10.1. The number of aliphatic hydroxyl groups is 1. The summed E-state index contributed by atoms with van der Waals surface area (Å²) in [5.74, 6) is 0. The molecule has 1 fully saturated rings. The van der Waals surface area contributed by atoms with Crippen LogP contribution < -0.4 is 10.6 Å². The number of benzene rings is 1. The number of fused-ring (bicyclic) bond motifs is 1. The lowest BCUT2D eigenvalue weighted by atomic mass is 9.88. The maximum atomic E-state index is 10.1. The number of piperidine rings is 1. The molecule has 0 aromatic heterocycles. The molecule has 3 rings (SSSR count). The summed E-state index contributed by atoms with van der Waals surface area (Å²) in [6.07, 6.45) is 5.70. The van der Waals surface area contributed by atoms with Gasteiger partial charge >= 0.3 is 0 Å². The molecular formula is C14H18N2O. The van der Waals surface area contributed by atoms with Crippen LogP contribution in [0.15, 0.2) is 36.4 Å². The summed E-state index contributed by atoms with van der Waals surface area (Å²) in [7, 11) is 0. The van der Waals surface area contributed by atoms with Gasteiger partial charge in [-0.15, -0.1) is 0 Å². The smallest absolute Gasteiger partial charge is 0.0992 e. The fourth-order valence-corrected chi connectivity index (χ4v) is 2.72. The lowest BCUT2D eigenvalue weighted by molar-refractivity contribution is 0.229. The van der Waals surface area contributed by atoms with Crippen molar-refractivity contribution in [2.45, 2.75) is 24.5 Å². The van der Waals surface area contributed by atoms with E-state index in [0.29, 0.717) is 0 Å². The molecule has 2 aliphatic heterocycles. The highest BCUT2D eigenvalue weighted by Gasteiger charge is 2.32. The fourth-order valence-electron chi connectivity index (χ4n) is 2.72. The third kappa shape index (κ3) is 1.96. The number of rotatable bonds is 0. The number of aliphatic hydroxyl groups excluding tert-OH is 1. The maximum Gasteiger partial charge on any atom is 0.0992 e. The van der Waals surface area contributed by atoms with E-state index in [-0.39, 0.29) is 5.54 Å². The lowest BCUT2D eigenvalue weighted by Crippen LogP contribution is -2.46. The molecule has 1 unspecified atom stereocenters. The van der Waals surface area contributed by atoms with E-state index in [1.54, 1.807) is 0 Å². The minimum Gasteiger partial charge on any atom is -0.384 e. The number of para-hydroxylation sites is 1. The standard InChI is InChI=1S/C14H18N2O/c17-13-5-6-14(7-9-15-10-8-14)16-12-4-2-1-3-11(12)13/h1-6,13,15-17H,7-10H2. The second-order valence-electron chi connectivity index (χ2n) is 4.92. The van der Waals surface area contributed by atoms with Crippen molar-refractivity contribution in [2.24, 2.45) is 0 Å². The molecule has 3 heteroatoms. The molecule has 0 radical (unpaired) electrons. The molecule has 3 nitrogen and oxygen atoms in total. The molecule has 0 bridgehead atoms. The minimum absolute atomic E-state index is 0.0127. The SMILES string of the molecule is OC1C=CC2(CCNCC2)Nc2ccccc21. The fraction of sp³-hybridized carbons (Fsp3) is 0.429. The van der Waals surface area contributed by atoms with E-state index in [1.165, 1.54) is 0 Å². The van der Waals surface area contributed by atoms with Crippen molar-refractivity contribution in [1.82, 2.24) is 5.32 Å². The first-order valence-corrected chi connectivity index (χ1v) is 6.24. The first-order chi connectivity index (χ1) is 8.29. The Labute approximate surface area is 102 Å². The van der Waals surface area contributed by atoms with Crippen molar-refractivity contribution in [1.29, 1.82) is 0 Å². The zero-order valence-electron chi connectivity index (χ0n) is 9.82. The molecule has 1 atom stereocenters. The summed E-state index contributed by atoms with van der Waals surface area (Å²) < 4.78 is 0. The Morgan fingerprint density at radius 3 is 2.76 bits per heavy atom. The Hall–Kier alpha value is -1.32. The van der Waals surface area contributed by atoms with Gasteiger partial charge in [0.15, 0.2) is 0 Å². The Morgan fingerprint density at radius 1 is 1.18 bits per heavy atom. The van der Waals surface area contributed by atoms with Crippen molar-refractivity contribution >= 4 is 5.69 Å². The second-order valence-corrected chi connectivity index (χ2v) is 4.92. The molecule has 0 amide bonds. The molecular weight excluding hydrogens is 212 g/mol. The Balaban J connectivity index is 1.99. The van der Waals surface area contributed by atoms with Gasteiger partial charge < -0.3 is 15.7 Å². The van der Waals surface area contributed by atoms with Gasteiger partial charge in [0.2, 0.25) is 0 Å². The van der Waals surface area contributed by atoms with Crippen LogP contribution in [0.4, 0.5) is 5.69 Å². The van der Waals surface area contributed by atoms with E-state index < -0.39 is 6.10 Å². The van der Waals surface area contributed by atoms with Crippen LogP contribution in [0.3, 0.4) is 0 Å². The van der Waals surface area contributed by atoms with E-state index in [0.717, 1.165) is 37.2 Å². The van der Waals surface area contributed by atoms with Crippen LogP contribution in [0, 0.1) is 0 Å². The van der Waals surface area contributed by atoms with Gasteiger partial charge in [-0.25, -0.2) is 0 Å². The predicted molar refractivity (Wildman–Crippen MR) is 69.0 cm³/mol. The van der Waals surface area contributed by atoms with Gasteiger partial charge in [-0.2, -0.15) is 0 Å². The van der Waals surface area contributed by atoms with Crippen LogP contribution in [-0.2, 0) is 0 Å². The van der Waals surface area contributed by atoms with Gasteiger partial charge in [0.05, 0.1) is 11.6 Å². The van der Waals surface area contributed by atoms with Crippen LogP contribution in [0.1, 0.15) is 24.5 Å². The largest absolute Gasteiger partial charge is 0.384 e. The summed E-state index contributed by atoms with van der Waals surface area (Å²) in [6.45, 7) is 2.05. The highest BCUT2D eigenvalue weighted by Crippen LogP contribution is 2.34. The molecule has 17 heavy (non-hydrogen) atoms. The van der Waals surface area contributed by atoms with Crippen LogP contribution >= 0.6 is 0 Å². The van der Waals surface area contributed by atoms with Gasteiger partial charge in [-0.1, -0.05) is 30.4 Å². The number of hydrogen-bond acceptors (Lipinski definition) is 3. The average molecular weight is 230 g/mol. The third-order valence-electron chi connectivity index (χ3n) is 3.76. The van der Waals surface area contributed by atoms with Crippen molar-refractivity contribution in [3.05, 3.63) is 42.0 Å². The van der Waals surface area contributed by atoms with E-state index in [4.69, 9.17) is 0 Å². The Bertz CT molecular complexity index is 436. The number of anilines is 1. The molecule has 2 aliphatic rings. The highest BCUT2D eigenvalue weighted by molar-refractivity contribution is 5.57. The molecule has 1 aromatic rings. The van der Waals surface area contributed by atoms with Crippen molar-refractivity contribution < 1.29 is 5.11 Å². The highest BCUT2D eigenvalue weighted by atomic mass is 16.3. The molecule has 0 aliphatic carbocycles. The van der Waals surface area contributed by atoms with E-state index in [9.17, 15) is 5.11 Å². The van der Waals surface area contributed by atoms with Gasteiger partial charge in [-0.05, 0) is 32.0 Å². The van der Waals surface area contributed by atoms with Crippen LogP contribution in [-0.4, -0.2) is 23.7 Å². The summed E-state index contributed by atoms with van der Waals surface area (Å²) in [6, 6.07) is 8.02. The molecule has 1 spiro atoms. The Kier molecular flexibility index (Phi) is 2.65. The van der Waals surface area contributed by atoms with Gasteiger partial charge in [0.1, 0.15) is 0 Å². The summed E-state index contributed by atoms with van der Waals surface area (Å²) >= 11 is 0. The summed E-state index contributed by atoms with van der Waals surface area (Å²) in [4.78, 5) is 0. The van der Waals surface area contributed by atoms with E-state index in [1.807, 2.05) is 24.3 Å². The van der Waals surface area contributed by atoms with Crippen LogP contribution in [0.2, 0.25) is 0 Å². The summed E-state index contributed by atoms with van der Waals surface area (Å²) in [5.41, 5.74) is 2.05. The van der Waals surface area contributed by atoms with Gasteiger partial charge in [0.25, 0.3) is 0 Å².